The minimum atomic E-state index is -4.12. The number of rotatable bonds is 3. The maximum Gasteiger partial charge on any atom is 0.280 e. The first-order chi connectivity index (χ1) is 12.2. The van der Waals surface area contributed by atoms with Crippen LogP contribution in [0.5, 0.6) is 0 Å². The van der Waals surface area contributed by atoms with E-state index in [4.69, 9.17) is 47.0 Å². The highest BCUT2D eigenvalue weighted by molar-refractivity contribution is 8.28. The molecule has 2 aromatic rings. The number of amides is 1. The lowest BCUT2D eigenvalue weighted by Crippen LogP contribution is -2.34. The second kappa shape index (κ2) is 7.50. The smallest absolute Gasteiger partial charge is 0.267 e. The van der Waals surface area contributed by atoms with Crippen molar-refractivity contribution in [2.24, 2.45) is 0 Å². The summed E-state index contributed by atoms with van der Waals surface area (Å²) in [5, 5.41) is 1.08. The molecule has 0 spiro atoms. The summed E-state index contributed by atoms with van der Waals surface area (Å²) < 4.78 is 26.1. The Bertz CT molecular complexity index is 1050. The fraction of sp³-hybridized carbons (Fsp3) is 0. The van der Waals surface area contributed by atoms with Gasteiger partial charge in [-0.3, -0.25) is 4.79 Å². The van der Waals surface area contributed by atoms with Gasteiger partial charge >= 0.3 is 0 Å². The standard InChI is InChI=1S/C16H8Cl3NO3S3/c17-10-2-4-11(5-3-10)26(22,23)20-15(21)14(25-16(20)24)8-9-1-6-12(18)13(19)7-9/h1-8H/b14-8-. The van der Waals surface area contributed by atoms with Crippen molar-refractivity contribution in [2.75, 3.05) is 0 Å². The van der Waals surface area contributed by atoms with Gasteiger partial charge in [-0.05, 0) is 48.0 Å². The van der Waals surface area contributed by atoms with Crippen LogP contribution in [-0.2, 0) is 14.8 Å². The van der Waals surface area contributed by atoms with Crippen LogP contribution in [0, 0.1) is 0 Å². The molecule has 0 saturated carbocycles. The van der Waals surface area contributed by atoms with Gasteiger partial charge in [0, 0.05) is 5.02 Å². The van der Waals surface area contributed by atoms with Gasteiger partial charge in [0.1, 0.15) is 0 Å². The fourth-order valence-corrected chi connectivity index (χ4v) is 5.60. The quantitative estimate of drug-likeness (QED) is 0.459. The number of sulfonamides is 1. The number of halogens is 3. The maximum atomic E-state index is 12.8. The van der Waals surface area contributed by atoms with Crippen LogP contribution < -0.4 is 0 Å². The molecule has 0 aliphatic carbocycles. The van der Waals surface area contributed by atoms with Crippen LogP contribution in [0.3, 0.4) is 0 Å². The van der Waals surface area contributed by atoms with Crippen LogP contribution in [0.15, 0.2) is 52.3 Å². The van der Waals surface area contributed by atoms with E-state index in [1.807, 2.05) is 0 Å². The topological polar surface area (TPSA) is 54.5 Å². The molecule has 1 fully saturated rings. The molecule has 10 heteroatoms. The molecule has 0 bridgehead atoms. The van der Waals surface area contributed by atoms with E-state index in [-0.39, 0.29) is 14.1 Å². The monoisotopic (exact) mass is 463 g/mol. The molecule has 4 nitrogen and oxygen atoms in total. The Morgan fingerprint density at radius 1 is 1.00 bits per heavy atom. The summed E-state index contributed by atoms with van der Waals surface area (Å²) >= 11 is 23.6. The molecule has 0 unspecified atom stereocenters. The van der Waals surface area contributed by atoms with E-state index in [1.54, 1.807) is 18.2 Å². The van der Waals surface area contributed by atoms with E-state index >= 15 is 0 Å². The Balaban J connectivity index is 1.97. The number of hydrogen-bond acceptors (Lipinski definition) is 5. The summed E-state index contributed by atoms with van der Waals surface area (Å²) in [4.78, 5) is 12.7. The van der Waals surface area contributed by atoms with Gasteiger partial charge in [0.2, 0.25) is 0 Å². The number of thioether (sulfide) groups is 1. The Labute approximate surface area is 174 Å². The van der Waals surface area contributed by atoms with Crippen LogP contribution in [0.1, 0.15) is 5.56 Å². The lowest BCUT2D eigenvalue weighted by atomic mass is 10.2. The van der Waals surface area contributed by atoms with E-state index in [0.717, 1.165) is 11.8 Å². The molecule has 1 aliphatic rings. The molecule has 0 atom stereocenters. The minimum Gasteiger partial charge on any atom is -0.267 e. The summed E-state index contributed by atoms with van der Waals surface area (Å²) in [7, 11) is -4.12. The van der Waals surface area contributed by atoms with Gasteiger partial charge in [-0.15, -0.1) is 0 Å². The van der Waals surface area contributed by atoms with Gasteiger partial charge in [-0.2, -0.15) is 4.31 Å². The van der Waals surface area contributed by atoms with Crippen LogP contribution in [0.4, 0.5) is 0 Å². The first kappa shape index (κ1) is 19.7. The molecule has 134 valence electrons. The molecule has 0 aromatic heterocycles. The molecule has 1 heterocycles. The first-order valence-corrected chi connectivity index (χ1v) is 10.7. The Hall–Kier alpha value is -1.09. The zero-order chi connectivity index (χ0) is 19.1. The van der Waals surface area contributed by atoms with Crippen LogP contribution in [0.2, 0.25) is 15.1 Å². The average molecular weight is 465 g/mol. The Kier molecular flexibility index (Phi) is 5.67. The SMILES string of the molecule is O=C1/C(=C/c2ccc(Cl)c(Cl)c2)SC(=S)N1S(=O)(=O)c1ccc(Cl)cc1. The molecule has 2 aromatic carbocycles. The Morgan fingerprint density at radius 3 is 2.27 bits per heavy atom. The van der Waals surface area contributed by atoms with Gasteiger partial charge < -0.3 is 0 Å². The normalized spacial score (nSPS) is 16.6. The second-order valence-corrected chi connectivity index (χ2v) is 9.79. The summed E-state index contributed by atoms with van der Waals surface area (Å²) in [5.74, 6) is -0.721. The lowest BCUT2D eigenvalue weighted by molar-refractivity contribution is -0.119. The summed E-state index contributed by atoms with van der Waals surface area (Å²) in [5.41, 5.74) is 0.601. The van der Waals surface area contributed by atoms with Crippen molar-refractivity contribution >= 4 is 85.1 Å². The third-order valence-electron chi connectivity index (χ3n) is 3.35. The van der Waals surface area contributed by atoms with E-state index in [1.165, 1.54) is 30.3 Å². The van der Waals surface area contributed by atoms with Crippen LogP contribution in [-0.4, -0.2) is 23.0 Å². The van der Waals surface area contributed by atoms with Gasteiger partial charge in [0.05, 0.1) is 19.8 Å². The number of nitrogens with zero attached hydrogens (tertiary/aromatic N) is 1. The highest BCUT2D eigenvalue weighted by Crippen LogP contribution is 2.37. The van der Waals surface area contributed by atoms with Crippen molar-refractivity contribution < 1.29 is 13.2 Å². The predicted octanol–water partition coefficient (Wildman–Crippen LogP) is 5.24. The Morgan fingerprint density at radius 2 is 1.65 bits per heavy atom. The fourth-order valence-electron chi connectivity index (χ4n) is 2.13. The van der Waals surface area contributed by atoms with Crippen LogP contribution >= 0.6 is 58.8 Å². The lowest BCUT2D eigenvalue weighted by Gasteiger charge is -2.14. The summed E-state index contributed by atoms with van der Waals surface area (Å²) in [6.45, 7) is 0. The average Bonchev–Trinajstić information content (AvgIpc) is 2.85. The summed E-state index contributed by atoms with van der Waals surface area (Å²) in [6.07, 6.45) is 1.51. The zero-order valence-corrected chi connectivity index (χ0v) is 17.4. The van der Waals surface area contributed by atoms with Gasteiger partial charge in [0.15, 0.2) is 4.32 Å². The molecular weight excluding hydrogens is 457 g/mol. The van der Waals surface area contributed by atoms with Crippen molar-refractivity contribution in [2.45, 2.75) is 4.90 Å². The largest absolute Gasteiger partial charge is 0.280 e. The zero-order valence-electron chi connectivity index (χ0n) is 12.6. The van der Waals surface area contributed by atoms with Gasteiger partial charge in [-0.25, -0.2) is 8.42 Å². The molecule has 1 aliphatic heterocycles. The predicted molar refractivity (Wildman–Crippen MR) is 110 cm³/mol. The van der Waals surface area contributed by atoms with Crippen LogP contribution in [0.25, 0.3) is 6.08 Å². The molecule has 1 saturated heterocycles. The first-order valence-electron chi connectivity index (χ1n) is 6.94. The van der Waals surface area contributed by atoms with E-state index < -0.39 is 15.9 Å². The van der Waals surface area contributed by atoms with Crippen molar-refractivity contribution in [3.63, 3.8) is 0 Å². The van der Waals surface area contributed by atoms with E-state index in [2.05, 4.69) is 0 Å². The van der Waals surface area contributed by atoms with E-state index in [9.17, 15) is 13.2 Å². The third kappa shape index (κ3) is 3.78. The van der Waals surface area contributed by atoms with Crippen molar-refractivity contribution in [3.8, 4) is 0 Å². The molecule has 0 radical (unpaired) electrons. The number of thiocarbonyl (C=S) groups is 1. The maximum absolute atomic E-state index is 12.8. The highest BCUT2D eigenvalue weighted by Gasteiger charge is 2.41. The minimum absolute atomic E-state index is 0.0729. The van der Waals surface area contributed by atoms with Gasteiger partial charge in [0.25, 0.3) is 15.9 Å². The molecule has 26 heavy (non-hydrogen) atoms. The van der Waals surface area contributed by atoms with Gasteiger partial charge in [-0.1, -0.05) is 64.8 Å². The molecule has 0 N–H and O–H groups in total. The van der Waals surface area contributed by atoms with E-state index in [0.29, 0.717) is 24.9 Å². The number of carbonyl (C=O) groups is 1. The van der Waals surface area contributed by atoms with Crippen molar-refractivity contribution in [3.05, 3.63) is 68.0 Å². The summed E-state index contributed by atoms with van der Waals surface area (Å²) in [6, 6.07) is 10.3. The molecule has 1 amide bonds. The molecule has 3 rings (SSSR count). The van der Waals surface area contributed by atoms with Crippen molar-refractivity contribution in [1.82, 2.24) is 4.31 Å². The third-order valence-corrected chi connectivity index (χ3v) is 7.57. The number of benzene rings is 2. The van der Waals surface area contributed by atoms with Crippen molar-refractivity contribution in [1.29, 1.82) is 0 Å². The highest BCUT2D eigenvalue weighted by atomic mass is 35.5. The number of hydrogen-bond donors (Lipinski definition) is 0. The second-order valence-electron chi connectivity index (χ2n) is 5.08. The number of carbonyl (C=O) groups excluding carboxylic acids is 1. The molecular formula is C16H8Cl3NO3S3.